The Balaban J connectivity index is 1.07. The number of nitrogens with zero attached hydrogens (tertiary/aromatic N) is 3. The monoisotopic (exact) mass is 754 g/mol. The molecule has 0 atom stereocenters. The summed E-state index contributed by atoms with van der Waals surface area (Å²) in [7, 11) is 0. The Morgan fingerprint density at radius 3 is 1.88 bits per heavy atom. The van der Waals surface area contributed by atoms with Crippen molar-refractivity contribution < 1.29 is 15.1 Å². The molecule has 4 heteroatoms. The summed E-state index contributed by atoms with van der Waals surface area (Å²) in [5.74, 6) is 0.631. The molecule has 0 fully saturated rings. The lowest BCUT2D eigenvalue weighted by Crippen LogP contribution is -2.00. The first kappa shape index (κ1) is 23.6. The van der Waals surface area contributed by atoms with Crippen molar-refractivity contribution >= 4 is 53.1 Å². The second-order valence-electron chi connectivity index (χ2n) is 13.6. The van der Waals surface area contributed by atoms with Gasteiger partial charge in [-0.2, -0.15) is 0 Å². The summed E-state index contributed by atoms with van der Waals surface area (Å²) in [6.45, 7) is 0. The van der Waals surface area contributed by atoms with Crippen molar-refractivity contribution in [3.8, 4) is 67.5 Å². The van der Waals surface area contributed by atoms with Gasteiger partial charge in [-0.05, 0) is 85.2 Å². The van der Waals surface area contributed by atoms with Crippen LogP contribution >= 0.6 is 11.3 Å². The first-order chi connectivity index (χ1) is 32.8. The molecule has 2 heterocycles. The molecule has 0 bridgehead atoms. The van der Waals surface area contributed by atoms with Gasteiger partial charge in [0, 0.05) is 36.9 Å². The Morgan fingerprint density at radius 2 is 1.00 bits per heavy atom. The van der Waals surface area contributed by atoms with Crippen molar-refractivity contribution in [2.75, 3.05) is 0 Å². The summed E-state index contributed by atoms with van der Waals surface area (Å²) >= 11 is 1.01. The average molecular weight is 755 g/mol. The lowest BCUT2D eigenvalue weighted by atomic mass is 9.95. The van der Waals surface area contributed by atoms with Gasteiger partial charge in [0.05, 0.1) is 15.1 Å². The molecular formula is C53H33N3S. The number of aromatic nitrogens is 3. The van der Waals surface area contributed by atoms with Gasteiger partial charge in [0.2, 0.25) is 0 Å². The first-order valence-electron chi connectivity index (χ1n) is 23.8. The van der Waals surface area contributed by atoms with Gasteiger partial charge in [0.15, 0.2) is 17.5 Å². The predicted octanol–water partition coefficient (Wildman–Crippen LogP) is 14.5. The van der Waals surface area contributed by atoms with Gasteiger partial charge in [0.1, 0.15) is 0 Å². The van der Waals surface area contributed by atoms with E-state index in [-0.39, 0.29) is 80.9 Å². The highest BCUT2D eigenvalue weighted by molar-refractivity contribution is 7.25. The third-order valence-corrected chi connectivity index (χ3v) is 11.2. The van der Waals surface area contributed by atoms with E-state index in [0.29, 0.717) is 54.8 Å². The molecule has 3 nitrogen and oxygen atoms in total. The van der Waals surface area contributed by atoms with E-state index in [2.05, 4.69) is 0 Å². The van der Waals surface area contributed by atoms with E-state index in [4.69, 9.17) is 27.3 Å². The predicted molar refractivity (Wildman–Crippen MR) is 240 cm³/mol. The third kappa shape index (κ3) is 6.04. The summed E-state index contributed by atoms with van der Waals surface area (Å²) in [5.41, 5.74) is 4.72. The van der Waals surface area contributed by atoms with Crippen molar-refractivity contribution in [2.24, 2.45) is 0 Å². The summed E-state index contributed by atoms with van der Waals surface area (Å²) in [4.78, 5) is 14.8. The summed E-state index contributed by atoms with van der Waals surface area (Å²) in [6.07, 6.45) is 0. The van der Waals surface area contributed by atoms with E-state index in [9.17, 15) is 2.74 Å². The van der Waals surface area contributed by atoms with Crippen molar-refractivity contribution in [2.45, 2.75) is 0 Å². The Bertz CT molecular complexity index is 3930. The van der Waals surface area contributed by atoms with Crippen LogP contribution in [0.4, 0.5) is 0 Å². The van der Waals surface area contributed by atoms with Gasteiger partial charge in [0.25, 0.3) is 0 Å². The summed E-state index contributed by atoms with van der Waals surface area (Å²) in [6, 6.07) is 38.6. The molecule has 11 rings (SSSR count). The first-order valence-corrected chi connectivity index (χ1v) is 19.1. The van der Waals surface area contributed by atoms with E-state index in [1.807, 2.05) is 97.1 Å². The van der Waals surface area contributed by atoms with Crippen molar-refractivity contribution in [3.63, 3.8) is 0 Å². The molecule has 0 radical (unpaired) electrons. The molecule has 0 aliphatic heterocycles. The number of thiophene rings is 1. The molecular weight excluding hydrogens is 711 g/mol. The number of hydrogen-bond donors (Lipinski definition) is 0. The number of benzene rings is 9. The van der Waals surface area contributed by atoms with E-state index in [0.717, 1.165) is 33.2 Å². The second-order valence-corrected chi connectivity index (χ2v) is 14.6. The van der Waals surface area contributed by atoms with Crippen molar-refractivity contribution in [3.05, 3.63) is 200 Å². The molecule has 0 unspecified atom stereocenters. The second kappa shape index (κ2) is 13.8. The Labute approximate surface area is 349 Å². The van der Waals surface area contributed by atoms with Crippen LogP contribution in [0.5, 0.6) is 0 Å². The fraction of sp³-hybridized carbons (Fsp3) is 0. The number of fused-ring (bicyclic) bond motifs is 5. The van der Waals surface area contributed by atoms with E-state index < -0.39 is 18.1 Å². The smallest absolute Gasteiger partial charge is 0.164 e. The number of rotatable bonds is 6. The highest BCUT2D eigenvalue weighted by atomic mass is 32.1. The average Bonchev–Trinajstić information content (AvgIpc) is 3.77. The molecule has 9 aromatic carbocycles. The van der Waals surface area contributed by atoms with Crippen LogP contribution in [0.3, 0.4) is 0 Å². The van der Waals surface area contributed by atoms with Crippen LogP contribution in [0.2, 0.25) is 0 Å². The lowest BCUT2D eigenvalue weighted by Gasteiger charge is -2.12. The molecule has 0 aliphatic carbocycles. The Morgan fingerprint density at radius 1 is 0.368 bits per heavy atom. The molecule has 0 spiro atoms. The zero-order valence-electron chi connectivity index (χ0n) is 41.0. The normalized spacial score (nSPS) is 14.2. The maximum absolute atomic E-state index is 9.68. The highest BCUT2D eigenvalue weighted by Gasteiger charge is 2.16. The van der Waals surface area contributed by atoms with Crippen LogP contribution in [-0.2, 0) is 0 Å². The fourth-order valence-electron chi connectivity index (χ4n) is 7.33. The molecule has 0 saturated heterocycles. The quantitative estimate of drug-likeness (QED) is 0.170. The van der Waals surface area contributed by atoms with Crippen LogP contribution in [0.25, 0.3) is 109 Å². The molecule has 11 aromatic rings. The Kier molecular flexibility index (Phi) is 5.71. The molecule has 0 amide bonds. The molecule has 0 N–H and O–H groups in total. The SMILES string of the molecule is [2H]c1c([2H])c(-c2ccc3cc(-c4c([2H])c([2H])c([2H])c5sc6c([2H])c([2H])c([2H])c([2H])c6c45)ccc3c2)c([2H])c(-c2nc(-c3ccc(-c4ccccc4)cc3)nc(-c3cccc4ccccc34)n2)c1[2H]. The molecule has 266 valence electrons. The molecule has 0 saturated carbocycles. The van der Waals surface area contributed by atoms with Crippen LogP contribution in [0, 0.1) is 0 Å². The standard InChI is InChI=1S/C53H33N3S/c1-2-11-34(12-3-1)35-23-25-37(26-24-35)51-54-52(56-53(55-51)46-20-9-14-36-13-4-5-17-44(36)46)43-16-8-15-38(33-43)39-27-28-41-32-42(30-29-40(41)31-39)45-19-10-22-49-50(45)47-18-6-7-21-48(47)57-49/h1-33H/i6D,7D,8D,10D,15D,16D,18D,19D,21D,22D,33D. The molecule has 57 heavy (non-hydrogen) atoms. The van der Waals surface area contributed by atoms with Gasteiger partial charge in [-0.3, -0.25) is 0 Å². The fourth-order valence-corrected chi connectivity index (χ4v) is 8.30. The summed E-state index contributed by atoms with van der Waals surface area (Å²) < 4.78 is 98.0. The van der Waals surface area contributed by atoms with Crippen molar-refractivity contribution in [1.29, 1.82) is 0 Å². The zero-order valence-corrected chi connectivity index (χ0v) is 30.8. The third-order valence-electron chi connectivity index (χ3n) is 10.1. The zero-order chi connectivity index (χ0) is 47.3. The van der Waals surface area contributed by atoms with Crippen LogP contribution in [0.1, 0.15) is 15.1 Å². The summed E-state index contributed by atoms with van der Waals surface area (Å²) in [5, 5.41) is 3.74. The minimum absolute atomic E-state index is 0.0102. The van der Waals surface area contributed by atoms with E-state index >= 15 is 0 Å². The Hall–Kier alpha value is -7.27. The van der Waals surface area contributed by atoms with Gasteiger partial charge in [-0.1, -0.05) is 170 Å². The maximum Gasteiger partial charge on any atom is 0.164 e. The maximum atomic E-state index is 9.68. The minimum Gasteiger partial charge on any atom is -0.208 e. The lowest BCUT2D eigenvalue weighted by molar-refractivity contribution is 1.08. The van der Waals surface area contributed by atoms with Gasteiger partial charge in [-0.15, -0.1) is 11.3 Å². The van der Waals surface area contributed by atoms with Crippen LogP contribution in [-0.4, -0.2) is 15.0 Å². The molecule has 0 aliphatic rings. The minimum atomic E-state index is -0.429. The van der Waals surface area contributed by atoms with Crippen LogP contribution in [0.15, 0.2) is 200 Å². The van der Waals surface area contributed by atoms with E-state index in [1.165, 1.54) is 0 Å². The van der Waals surface area contributed by atoms with E-state index in [1.54, 1.807) is 36.4 Å². The van der Waals surface area contributed by atoms with Crippen molar-refractivity contribution in [1.82, 2.24) is 15.0 Å². The van der Waals surface area contributed by atoms with Gasteiger partial charge in [-0.25, -0.2) is 15.0 Å². The largest absolute Gasteiger partial charge is 0.208 e. The van der Waals surface area contributed by atoms with Gasteiger partial charge < -0.3 is 0 Å². The van der Waals surface area contributed by atoms with Crippen LogP contribution < -0.4 is 0 Å². The highest BCUT2D eigenvalue weighted by Crippen LogP contribution is 2.41. The topological polar surface area (TPSA) is 38.7 Å². The number of hydrogen-bond acceptors (Lipinski definition) is 4. The van der Waals surface area contributed by atoms with Gasteiger partial charge >= 0.3 is 0 Å². The molecule has 2 aromatic heterocycles.